The number of amides is 2. The smallest absolute Gasteiger partial charge is 0.319 e. The molecule has 8 nitrogen and oxygen atoms in total. The third-order valence-corrected chi connectivity index (χ3v) is 7.85. The molecule has 2 saturated heterocycles. The molecule has 174 valence electrons. The first-order chi connectivity index (χ1) is 15.0. The lowest BCUT2D eigenvalue weighted by Crippen LogP contribution is -2.42. The van der Waals surface area contributed by atoms with Crippen LogP contribution in [0.5, 0.6) is 0 Å². The van der Waals surface area contributed by atoms with E-state index in [0.717, 1.165) is 38.0 Å². The Morgan fingerprint density at radius 3 is 2.50 bits per heavy atom. The summed E-state index contributed by atoms with van der Waals surface area (Å²) in [4.78, 5) is 18.8. The van der Waals surface area contributed by atoms with Gasteiger partial charge in [0.25, 0.3) is 0 Å². The van der Waals surface area contributed by atoms with Gasteiger partial charge in [-0.05, 0) is 74.7 Å². The highest BCUT2D eigenvalue weighted by Crippen LogP contribution is 2.28. The highest BCUT2D eigenvalue weighted by atomic mass is 32.2. The van der Waals surface area contributed by atoms with Crippen molar-refractivity contribution in [3.05, 3.63) is 54.4 Å². The number of hydrogen-bond donors (Lipinski definition) is 2. The standard InChI is InChI=1S/C22H29N5O3S.CH4/c28-22(24-16-18-5-3-11-23-15-18)25-19-7-9-21(10-8-19)31(29,30)27-14-4-6-20(27)17-26-12-1-2-13-26;/h3,5,7-11,15,20H,1-2,4,6,12-14,16-17H2,(H2,24,25,28);1H4/t20-;/m0./s1. The Hall–Kier alpha value is -2.49. The number of carbonyl (C=O) groups excluding carboxylic acids is 1. The number of pyridine rings is 1. The molecule has 2 aliphatic rings. The summed E-state index contributed by atoms with van der Waals surface area (Å²) in [6.45, 7) is 3.87. The van der Waals surface area contributed by atoms with Crippen LogP contribution < -0.4 is 10.6 Å². The van der Waals surface area contributed by atoms with E-state index >= 15 is 0 Å². The lowest BCUT2D eigenvalue weighted by molar-refractivity contribution is 0.251. The number of aromatic nitrogens is 1. The SMILES string of the molecule is C.O=C(NCc1cccnc1)Nc1ccc(S(=O)(=O)N2CCC[C@H]2CN2CCCC2)cc1. The average molecular weight is 460 g/mol. The monoisotopic (exact) mass is 459 g/mol. The van der Waals surface area contributed by atoms with Crippen molar-refractivity contribution in [3.8, 4) is 0 Å². The van der Waals surface area contributed by atoms with Gasteiger partial charge in [0, 0.05) is 43.8 Å². The van der Waals surface area contributed by atoms with Crippen molar-refractivity contribution in [2.45, 2.75) is 50.6 Å². The number of hydrogen-bond acceptors (Lipinski definition) is 5. The number of rotatable bonds is 7. The Bertz CT molecular complexity index is 976. The number of benzene rings is 1. The number of carbonyl (C=O) groups is 1. The molecule has 32 heavy (non-hydrogen) atoms. The summed E-state index contributed by atoms with van der Waals surface area (Å²) in [6, 6.07) is 9.76. The third kappa shape index (κ3) is 5.85. The first-order valence-corrected chi connectivity index (χ1v) is 12.2. The van der Waals surface area contributed by atoms with Gasteiger partial charge >= 0.3 is 6.03 Å². The second kappa shape index (κ2) is 10.9. The van der Waals surface area contributed by atoms with E-state index in [2.05, 4.69) is 20.5 Å². The predicted molar refractivity (Wildman–Crippen MR) is 126 cm³/mol. The molecule has 0 radical (unpaired) electrons. The van der Waals surface area contributed by atoms with Crippen molar-refractivity contribution in [2.75, 3.05) is 31.5 Å². The number of anilines is 1. The van der Waals surface area contributed by atoms with Crippen LogP contribution in [0.4, 0.5) is 10.5 Å². The minimum atomic E-state index is -3.55. The molecule has 2 amide bonds. The summed E-state index contributed by atoms with van der Waals surface area (Å²) in [5.74, 6) is 0. The highest BCUT2D eigenvalue weighted by molar-refractivity contribution is 7.89. The van der Waals surface area contributed by atoms with E-state index in [1.807, 2.05) is 12.1 Å². The fourth-order valence-corrected chi connectivity index (χ4v) is 5.96. The molecule has 2 aromatic rings. The molecule has 2 aliphatic heterocycles. The van der Waals surface area contributed by atoms with Gasteiger partial charge in [-0.25, -0.2) is 13.2 Å². The maximum Gasteiger partial charge on any atom is 0.319 e. The van der Waals surface area contributed by atoms with E-state index in [0.29, 0.717) is 18.8 Å². The second-order valence-corrected chi connectivity index (χ2v) is 10.0. The van der Waals surface area contributed by atoms with Crippen molar-refractivity contribution in [2.24, 2.45) is 0 Å². The van der Waals surface area contributed by atoms with Gasteiger partial charge < -0.3 is 15.5 Å². The van der Waals surface area contributed by atoms with Gasteiger partial charge in [-0.3, -0.25) is 4.98 Å². The van der Waals surface area contributed by atoms with Gasteiger partial charge in [-0.2, -0.15) is 4.31 Å². The average Bonchev–Trinajstić information content (AvgIpc) is 3.46. The summed E-state index contributed by atoms with van der Waals surface area (Å²) < 4.78 is 28.1. The van der Waals surface area contributed by atoms with Gasteiger partial charge in [-0.15, -0.1) is 0 Å². The van der Waals surface area contributed by atoms with E-state index in [9.17, 15) is 13.2 Å². The van der Waals surface area contributed by atoms with E-state index in [-0.39, 0.29) is 24.4 Å². The maximum absolute atomic E-state index is 13.2. The largest absolute Gasteiger partial charge is 0.334 e. The van der Waals surface area contributed by atoms with Crippen LogP contribution in [0.2, 0.25) is 0 Å². The Kier molecular flexibility index (Phi) is 8.22. The van der Waals surface area contributed by atoms with Crippen molar-refractivity contribution in [1.29, 1.82) is 0 Å². The van der Waals surface area contributed by atoms with Gasteiger partial charge in [0.05, 0.1) is 4.90 Å². The lowest BCUT2D eigenvalue weighted by atomic mass is 10.2. The van der Waals surface area contributed by atoms with Crippen LogP contribution >= 0.6 is 0 Å². The van der Waals surface area contributed by atoms with Gasteiger partial charge in [0.2, 0.25) is 10.0 Å². The molecule has 0 saturated carbocycles. The topological polar surface area (TPSA) is 94.6 Å². The minimum absolute atomic E-state index is 0. The molecule has 1 aromatic carbocycles. The molecule has 0 bridgehead atoms. The van der Waals surface area contributed by atoms with E-state index < -0.39 is 10.0 Å². The number of nitrogens with one attached hydrogen (secondary N) is 2. The summed E-state index contributed by atoms with van der Waals surface area (Å²) in [5, 5.41) is 5.49. The maximum atomic E-state index is 13.2. The van der Waals surface area contributed by atoms with Gasteiger partial charge in [0.1, 0.15) is 0 Å². The van der Waals surface area contributed by atoms with Gasteiger partial charge in [0.15, 0.2) is 0 Å². The van der Waals surface area contributed by atoms with Crippen LogP contribution in [0.1, 0.15) is 38.7 Å². The summed E-state index contributed by atoms with van der Waals surface area (Å²) in [7, 11) is -3.55. The summed E-state index contributed by atoms with van der Waals surface area (Å²) >= 11 is 0. The highest BCUT2D eigenvalue weighted by Gasteiger charge is 2.36. The first-order valence-electron chi connectivity index (χ1n) is 10.8. The normalized spacial score (nSPS) is 19.4. The molecule has 4 rings (SSSR count). The van der Waals surface area contributed by atoms with E-state index in [1.54, 1.807) is 41.0 Å². The molecular formula is C23H33N5O3S. The van der Waals surface area contributed by atoms with Crippen molar-refractivity contribution in [3.63, 3.8) is 0 Å². The Labute approximate surface area is 191 Å². The molecule has 3 heterocycles. The van der Waals surface area contributed by atoms with Crippen molar-refractivity contribution < 1.29 is 13.2 Å². The number of urea groups is 1. The first kappa shape index (κ1) is 24.2. The van der Waals surface area contributed by atoms with Crippen LogP contribution in [-0.2, 0) is 16.6 Å². The molecule has 2 fully saturated rings. The second-order valence-electron chi connectivity index (χ2n) is 8.11. The van der Waals surface area contributed by atoms with Crippen molar-refractivity contribution in [1.82, 2.24) is 19.5 Å². The van der Waals surface area contributed by atoms with Crippen LogP contribution in [0.15, 0.2) is 53.7 Å². The Balaban J connectivity index is 0.00000289. The Morgan fingerprint density at radius 2 is 1.81 bits per heavy atom. The molecule has 1 aromatic heterocycles. The number of nitrogens with zero attached hydrogens (tertiary/aromatic N) is 3. The predicted octanol–water partition coefficient (Wildman–Crippen LogP) is 3.29. The lowest BCUT2D eigenvalue weighted by Gasteiger charge is -2.28. The molecule has 9 heteroatoms. The van der Waals surface area contributed by atoms with Crippen LogP contribution in [0.25, 0.3) is 0 Å². The molecular weight excluding hydrogens is 426 g/mol. The molecule has 1 atom stereocenters. The third-order valence-electron chi connectivity index (χ3n) is 5.89. The molecule has 0 spiro atoms. The zero-order chi connectivity index (χ0) is 21.7. The quantitative estimate of drug-likeness (QED) is 0.663. The van der Waals surface area contributed by atoms with Crippen LogP contribution in [0, 0.1) is 0 Å². The van der Waals surface area contributed by atoms with Gasteiger partial charge in [-0.1, -0.05) is 13.5 Å². The molecule has 2 N–H and O–H groups in total. The fraction of sp³-hybridized carbons (Fsp3) is 0.478. The number of sulfonamides is 1. The zero-order valence-electron chi connectivity index (χ0n) is 17.5. The minimum Gasteiger partial charge on any atom is -0.334 e. The van der Waals surface area contributed by atoms with E-state index in [1.165, 1.54) is 12.8 Å². The summed E-state index contributed by atoms with van der Waals surface area (Å²) in [6.07, 6.45) is 7.57. The molecule has 0 aliphatic carbocycles. The van der Waals surface area contributed by atoms with Crippen molar-refractivity contribution >= 4 is 21.7 Å². The zero-order valence-corrected chi connectivity index (χ0v) is 18.4. The van der Waals surface area contributed by atoms with Crippen LogP contribution in [0.3, 0.4) is 0 Å². The van der Waals surface area contributed by atoms with E-state index in [4.69, 9.17) is 0 Å². The Morgan fingerprint density at radius 1 is 1.06 bits per heavy atom. The van der Waals surface area contributed by atoms with Crippen LogP contribution in [-0.4, -0.2) is 60.9 Å². The molecule has 0 unspecified atom stereocenters. The number of likely N-dealkylation sites (tertiary alicyclic amines) is 1. The summed E-state index contributed by atoms with van der Waals surface area (Å²) in [5.41, 5.74) is 1.44. The fourth-order valence-electron chi connectivity index (χ4n) is 4.28.